The third-order valence-corrected chi connectivity index (χ3v) is 5.61. The second kappa shape index (κ2) is 15.3. The maximum Gasteiger partial charge on any atom is 0.328 e. The van der Waals surface area contributed by atoms with E-state index in [4.69, 9.17) is 10.8 Å². The van der Waals surface area contributed by atoms with Gasteiger partial charge in [0.25, 0.3) is 0 Å². The summed E-state index contributed by atoms with van der Waals surface area (Å²) in [5.41, 5.74) is 5.84. The first-order valence-corrected chi connectivity index (χ1v) is 12.5. The molecule has 0 aliphatic carbocycles. The zero-order valence-electron chi connectivity index (χ0n) is 18.2. The molecule has 0 aromatic heterocycles. The molecule has 0 aromatic rings. The second-order valence-electron chi connectivity index (χ2n) is 7.02. The molecule has 6 unspecified atom stereocenters. The zero-order chi connectivity index (χ0) is 24.1. The van der Waals surface area contributed by atoms with Crippen LogP contribution in [0, 0.1) is 0 Å². The number of aliphatic carboxylic acids is 1. The van der Waals surface area contributed by atoms with Gasteiger partial charge in [-0.15, -0.1) is 0 Å². The Kier molecular flexibility index (Phi) is 14.5. The Balaban J connectivity index is 5.31. The first-order chi connectivity index (χ1) is 14.5. The molecule has 0 spiro atoms. The maximum absolute atomic E-state index is 12.8. The van der Waals surface area contributed by atoms with Crippen LogP contribution in [0.25, 0.3) is 0 Å². The summed E-state index contributed by atoms with van der Waals surface area (Å²) in [5.74, 6) is -2.47. The lowest BCUT2D eigenvalue weighted by Crippen LogP contribution is -2.61. The van der Waals surface area contributed by atoms with Gasteiger partial charge >= 0.3 is 5.97 Å². The number of carboxylic acid groups (broad SMARTS) is 1. The van der Waals surface area contributed by atoms with Gasteiger partial charge in [-0.3, -0.25) is 14.4 Å². The molecular weight excluding hydrogens is 448 g/mol. The Bertz CT molecular complexity index is 607. The quantitative estimate of drug-likeness (QED) is 0.139. The number of nitrogens with two attached hydrogens (primary N) is 1. The normalized spacial score (nSPS) is 16.9. The van der Waals surface area contributed by atoms with E-state index in [9.17, 15) is 29.4 Å². The predicted molar refractivity (Wildman–Crippen MR) is 121 cm³/mol. The summed E-state index contributed by atoms with van der Waals surface area (Å²) in [7, 11) is 0. The lowest BCUT2D eigenvalue weighted by Gasteiger charge is -2.27. The second-order valence-corrected chi connectivity index (χ2v) is 8.99. The largest absolute Gasteiger partial charge is 0.480 e. The van der Waals surface area contributed by atoms with Crippen LogP contribution in [0.4, 0.5) is 0 Å². The monoisotopic (exact) mass is 482 g/mol. The number of carbonyl (C=O) groups is 4. The molecule has 0 saturated carbocycles. The highest BCUT2D eigenvalue weighted by atomic mass is 32.2. The number of carboxylic acids is 1. The highest BCUT2D eigenvalue weighted by Gasteiger charge is 2.33. The fourth-order valence-corrected chi connectivity index (χ4v) is 3.41. The molecule has 31 heavy (non-hydrogen) atoms. The van der Waals surface area contributed by atoms with Crippen molar-refractivity contribution in [3.63, 3.8) is 0 Å². The standard InChI is InChI=1S/C18H34N4O7S2/c1-9(23)13(17(27)22-14(10(2)24)18(28)29)21-16(26)12(6-8-31-4)20-15(25)11(19)5-7-30-3/h9-14,23-24H,5-8,19H2,1-4H3,(H,20,25)(H,21,26)(H,22,27)(H,28,29). The number of hydrogen-bond acceptors (Lipinski definition) is 9. The van der Waals surface area contributed by atoms with E-state index in [1.807, 2.05) is 12.5 Å². The van der Waals surface area contributed by atoms with E-state index >= 15 is 0 Å². The van der Waals surface area contributed by atoms with Gasteiger partial charge in [0.1, 0.15) is 12.1 Å². The first kappa shape index (κ1) is 29.5. The van der Waals surface area contributed by atoms with Crippen molar-refractivity contribution >= 4 is 47.2 Å². The Morgan fingerprint density at radius 3 is 1.74 bits per heavy atom. The van der Waals surface area contributed by atoms with Gasteiger partial charge < -0.3 is 37.0 Å². The Hall–Kier alpha value is -1.54. The van der Waals surface area contributed by atoms with Crippen LogP contribution >= 0.6 is 23.5 Å². The topological polar surface area (TPSA) is 191 Å². The van der Waals surface area contributed by atoms with Crippen molar-refractivity contribution in [1.82, 2.24) is 16.0 Å². The minimum Gasteiger partial charge on any atom is -0.480 e. The minimum absolute atomic E-state index is 0.258. The molecule has 0 bridgehead atoms. The van der Waals surface area contributed by atoms with Gasteiger partial charge in [-0.1, -0.05) is 0 Å². The third-order valence-electron chi connectivity index (χ3n) is 4.32. The first-order valence-electron chi connectivity index (χ1n) is 9.69. The Labute approximate surface area is 190 Å². The van der Waals surface area contributed by atoms with Crippen LogP contribution < -0.4 is 21.7 Å². The van der Waals surface area contributed by atoms with Gasteiger partial charge in [-0.25, -0.2) is 4.79 Å². The highest BCUT2D eigenvalue weighted by Crippen LogP contribution is 2.06. The number of carbonyl (C=O) groups excluding carboxylic acids is 3. The van der Waals surface area contributed by atoms with Gasteiger partial charge in [0.05, 0.1) is 18.2 Å². The number of thioether (sulfide) groups is 2. The summed E-state index contributed by atoms with van der Waals surface area (Å²) in [6.07, 6.45) is 1.63. The number of hydrogen-bond donors (Lipinski definition) is 7. The van der Waals surface area contributed by atoms with E-state index in [2.05, 4.69) is 16.0 Å². The summed E-state index contributed by atoms with van der Waals surface area (Å²) in [5, 5.41) is 35.6. The van der Waals surface area contributed by atoms with E-state index < -0.39 is 60.1 Å². The van der Waals surface area contributed by atoms with E-state index in [1.54, 1.807) is 0 Å². The van der Waals surface area contributed by atoms with Crippen LogP contribution in [0.5, 0.6) is 0 Å². The maximum atomic E-state index is 12.8. The van der Waals surface area contributed by atoms with E-state index in [0.29, 0.717) is 17.9 Å². The van der Waals surface area contributed by atoms with Gasteiger partial charge in [-0.05, 0) is 50.7 Å². The van der Waals surface area contributed by atoms with Crippen LogP contribution in [-0.2, 0) is 19.2 Å². The summed E-state index contributed by atoms with van der Waals surface area (Å²) in [6, 6.07) is -4.91. The lowest BCUT2D eigenvalue weighted by molar-refractivity contribution is -0.146. The van der Waals surface area contributed by atoms with Crippen LogP contribution in [0.3, 0.4) is 0 Å². The van der Waals surface area contributed by atoms with Crippen molar-refractivity contribution in [1.29, 1.82) is 0 Å². The molecule has 0 aromatic carbocycles. The van der Waals surface area contributed by atoms with Gasteiger partial charge in [0, 0.05) is 0 Å². The van der Waals surface area contributed by atoms with Crippen LogP contribution in [0.1, 0.15) is 26.7 Å². The van der Waals surface area contributed by atoms with Crippen molar-refractivity contribution in [2.24, 2.45) is 5.73 Å². The molecule has 13 heteroatoms. The van der Waals surface area contributed by atoms with Gasteiger partial charge in [0.15, 0.2) is 6.04 Å². The van der Waals surface area contributed by atoms with Gasteiger partial charge in [0.2, 0.25) is 17.7 Å². The Morgan fingerprint density at radius 2 is 1.29 bits per heavy atom. The van der Waals surface area contributed by atoms with Crippen LogP contribution in [0.15, 0.2) is 0 Å². The summed E-state index contributed by atoms with van der Waals surface area (Å²) >= 11 is 2.99. The molecule has 0 radical (unpaired) electrons. The minimum atomic E-state index is -1.62. The summed E-state index contributed by atoms with van der Waals surface area (Å²) in [4.78, 5) is 48.7. The molecule has 180 valence electrons. The van der Waals surface area contributed by atoms with Crippen LogP contribution in [-0.4, -0.2) is 99.4 Å². The van der Waals surface area contributed by atoms with E-state index in [0.717, 1.165) is 0 Å². The average Bonchev–Trinajstić information content (AvgIpc) is 2.69. The molecule has 6 atom stereocenters. The summed E-state index contributed by atoms with van der Waals surface area (Å²) < 4.78 is 0. The molecular formula is C18H34N4O7S2. The number of aliphatic hydroxyl groups is 2. The Morgan fingerprint density at radius 1 is 0.806 bits per heavy atom. The number of aliphatic hydroxyl groups excluding tert-OH is 2. The average molecular weight is 483 g/mol. The molecule has 8 N–H and O–H groups in total. The van der Waals surface area contributed by atoms with Crippen molar-refractivity contribution < 1.29 is 34.5 Å². The number of nitrogens with one attached hydrogen (secondary N) is 3. The van der Waals surface area contributed by atoms with Crippen molar-refractivity contribution in [2.45, 2.75) is 63.1 Å². The van der Waals surface area contributed by atoms with Gasteiger partial charge in [-0.2, -0.15) is 23.5 Å². The molecule has 3 amide bonds. The molecule has 11 nitrogen and oxygen atoms in total. The SMILES string of the molecule is CSCCC(N)C(=O)NC(CCSC)C(=O)NC(C(=O)NC(C(=O)O)C(C)O)C(C)O. The highest BCUT2D eigenvalue weighted by molar-refractivity contribution is 7.98. The molecule has 0 heterocycles. The molecule has 0 aliphatic heterocycles. The zero-order valence-corrected chi connectivity index (χ0v) is 19.8. The summed E-state index contributed by atoms with van der Waals surface area (Å²) in [6.45, 7) is 2.43. The van der Waals surface area contributed by atoms with Crippen molar-refractivity contribution in [3.8, 4) is 0 Å². The number of rotatable bonds is 15. The molecule has 0 saturated heterocycles. The van der Waals surface area contributed by atoms with Crippen molar-refractivity contribution in [3.05, 3.63) is 0 Å². The lowest BCUT2D eigenvalue weighted by atomic mass is 10.1. The van der Waals surface area contributed by atoms with Crippen LogP contribution in [0.2, 0.25) is 0 Å². The number of amides is 3. The van der Waals surface area contributed by atoms with E-state index in [1.165, 1.54) is 37.4 Å². The molecule has 0 aliphatic rings. The fraction of sp³-hybridized carbons (Fsp3) is 0.778. The molecule has 0 rings (SSSR count). The van der Waals surface area contributed by atoms with E-state index in [-0.39, 0.29) is 6.42 Å². The van der Waals surface area contributed by atoms with Crippen molar-refractivity contribution in [2.75, 3.05) is 24.0 Å². The molecule has 0 fully saturated rings. The third kappa shape index (κ3) is 11.1. The predicted octanol–water partition coefficient (Wildman–Crippen LogP) is -1.88. The fourth-order valence-electron chi connectivity index (χ4n) is 2.45. The smallest absolute Gasteiger partial charge is 0.328 e.